The maximum atomic E-state index is 12.2. The molecule has 0 saturated heterocycles. The van der Waals surface area contributed by atoms with Gasteiger partial charge < -0.3 is 10.8 Å². The van der Waals surface area contributed by atoms with Crippen molar-refractivity contribution in [2.45, 2.75) is 18.9 Å². The molecule has 0 radical (unpaired) electrons. The first-order valence-electron chi connectivity index (χ1n) is 4.81. The predicted molar refractivity (Wildman–Crippen MR) is 56.1 cm³/mol. The molecule has 3 N–H and O–H groups in total. The molecule has 17 heavy (non-hydrogen) atoms. The van der Waals surface area contributed by atoms with Crippen molar-refractivity contribution in [2.75, 3.05) is 0 Å². The molecule has 0 spiro atoms. The number of carbonyl (C=O) groups excluding carboxylic acids is 1. The molecule has 0 aliphatic rings. The van der Waals surface area contributed by atoms with Gasteiger partial charge in [0.25, 0.3) is 0 Å². The van der Waals surface area contributed by atoms with Gasteiger partial charge in [0.15, 0.2) is 0 Å². The van der Waals surface area contributed by atoms with Gasteiger partial charge in [0.2, 0.25) is 5.78 Å². The molecule has 0 saturated carbocycles. The second kappa shape index (κ2) is 5.49. The van der Waals surface area contributed by atoms with Crippen molar-refractivity contribution in [2.24, 2.45) is 5.73 Å². The van der Waals surface area contributed by atoms with E-state index in [4.69, 9.17) is 10.8 Å². The van der Waals surface area contributed by atoms with Crippen LogP contribution in [0.1, 0.15) is 15.9 Å². The lowest BCUT2D eigenvalue weighted by Crippen LogP contribution is -2.32. The molecule has 6 heteroatoms. The Morgan fingerprint density at radius 3 is 2.53 bits per heavy atom. The monoisotopic (exact) mass is 243 g/mol. The van der Waals surface area contributed by atoms with E-state index in [1.165, 1.54) is 24.3 Å². The zero-order chi connectivity index (χ0) is 13.0. The van der Waals surface area contributed by atoms with E-state index >= 15 is 0 Å². The summed E-state index contributed by atoms with van der Waals surface area (Å²) < 4.78 is 24.3. The summed E-state index contributed by atoms with van der Waals surface area (Å²) in [6.45, 7) is 0. The third-order valence-corrected chi connectivity index (χ3v) is 2.18. The first kappa shape index (κ1) is 13.2. The van der Waals surface area contributed by atoms with Crippen LogP contribution in [0.2, 0.25) is 0 Å². The molecular weight excluding hydrogens is 232 g/mol. The fraction of sp³-hybridized carbons (Fsp3) is 0.273. The Balaban J connectivity index is 2.86. The van der Waals surface area contributed by atoms with Crippen molar-refractivity contribution in [3.05, 3.63) is 35.4 Å². The number of carboxylic acids is 1. The number of benzene rings is 1. The molecular formula is C11H11F2NO3. The minimum atomic E-state index is -3.07. The van der Waals surface area contributed by atoms with Crippen LogP contribution in [0, 0.1) is 0 Å². The summed E-state index contributed by atoms with van der Waals surface area (Å²) in [5.41, 5.74) is 5.59. The zero-order valence-electron chi connectivity index (χ0n) is 8.77. The smallest absolute Gasteiger partial charge is 0.320 e. The van der Waals surface area contributed by atoms with Gasteiger partial charge in [-0.3, -0.25) is 9.59 Å². The van der Waals surface area contributed by atoms with Crippen molar-refractivity contribution in [1.29, 1.82) is 0 Å². The SMILES string of the molecule is N[C@@H](Cc1cccc(C(=O)C(F)F)c1)C(=O)O. The van der Waals surface area contributed by atoms with E-state index in [1.54, 1.807) is 0 Å². The summed E-state index contributed by atoms with van der Waals surface area (Å²) >= 11 is 0. The summed E-state index contributed by atoms with van der Waals surface area (Å²) in [6.07, 6.45) is -3.09. The number of aliphatic carboxylic acids is 1. The molecule has 1 aromatic rings. The van der Waals surface area contributed by atoms with E-state index in [9.17, 15) is 18.4 Å². The quantitative estimate of drug-likeness (QED) is 0.758. The molecule has 1 atom stereocenters. The Morgan fingerprint density at radius 2 is 2.00 bits per heavy atom. The largest absolute Gasteiger partial charge is 0.480 e. The molecule has 0 unspecified atom stereocenters. The highest BCUT2D eigenvalue weighted by atomic mass is 19.3. The lowest BCUT2D eigenvalue weighted by atomic mass is 10.0. The summed E-state index contributed by atoms with van der Waals surface area (Å²) in [5, 5.41) is 8.60. The van der Waals surface area contributed by atoms with Crippen LogP contribution in [0.5, 0.6) is 0 Å². The number of hydrogen-bond acceptors (Lipinski definition) is 3. The van der Waals surface area contributed by atoms with Gasteiger partial charge in [0.05, 0.1) is 0 Å². The van der Waals surface area contributed by atoms with E-state index in [2.05, 4.69) is 0 Å². The van der Waals surface area contributed by atoms with Crippen LogP contribution in [0.3, 0.4) is 0 Å². The molecule has 0 bridgehead atoms. The van der Waals surface area contributed by atoms with Gasteiger partial charge >= 0.3 is 12.4 Å². The fourth-order valence-electron chi connectivity index (χ4n) is 1.32. The number of rotatable bonds is 5. The van der Waals surface area contributed by atoms with Crippen molar-refractivity contribution >= 4 is 11.8 Å². The summed E-state index contributed by atoms with van der Waals surface area (Å²) in [6, 6.07) is 4.32. The maximum Gasteiger partial charge on any atom is 0.320 e. The minimum Gasteiger partial charge on any atom is -0.480 e. The number of carbonyl (C=O) groups is 2. The summed E-state index contributed by atoms with van der Waals surface area (Å²) in [4.78, 5) is 21.5. The molecule has 0 heterocycles. The number of halogens is 2. The van der Waals surface area contributed by atoms with Crippen LogP contribution in [0.25, 0.3) is 0 Å². The average molecular weight is 243 g/mol. The van der Waals surface area contributed by atoms with Crippen molar-refractivity contribution in [3.8, 4) is 0 Å². The van der Waals surface area contributed by atoms with Crippen molar-refractivity contribution in [3.63, 3.8) is 0 Å². The molecule has 0 amide bonds. The highest BCUT2D eigenvalue weighted by Crippen LogP contribution is 2.11. The first-order chi connectivity index (χ1) is 7.91. The molecule has 0 aliphatic heterocycles. The van der Waals surface area contributed by atoms with Crippen LogP contribution in [0.4, 0.5) is 8.78 Å². The van der Waals surface area contributed by atoms with Gasteiger partial charge in [-0.1, -0.05) is 18.2 Å². The zero-order valence-corrected chi connectivity index (χ0v) is 8.77. The number of ketones is 1. The molecule has 4 nitrogen and oxygen atoms in total. The lowest BCUT2D eigenvalue weighted by molar-refractivity contribution is -0.138. The molecule has 1 aromatic carbocycles. The third-order valence-electron chi connectivity index (χ3n) is 2.18. The van der Waals surface area contributed by atoms with Crippen LogP contribution >= 0.6 is 0 Å². The Hall–Kier alpha value is -1.82. The van der Waals surface area contributed by atoms with Gasteiger partial charge in [-0.25, -0.2) is 8.78 Å². The Morgan fingerprint density at radius 1 is 1.35 bits per heavy atom. The van der Waals surface area contributed by atoms with Gasteiger partial charge in [-0.05, 0) is 18.1 Å². The number of alkyl halides is 2. The maximum absolute atomic E-state index is 12.2. The number of Topliss-reactive ketones (excluding diaryl/α,β-unsaturated/α-hetero) is 1. The van der Waals surface area contributed by atoms with Crippen LogP contribution in [0.15, 0.2) is 24.3 Å². The lowest BCUT2D eigenvalue weighted by Gasteiger charge is -2.07. The highest BCUT2D eigenvalue weighted by Gasteiger charge is 2.18. The Bertz CT molecular complexity index is 434. The van der Waals surface area contributed by atoms with E-state index < -0.39 is 24.2 Å². The average Bonchev–Trinajstić information content (AvgIpc) is 2.28. The Kier molecular flexibility index (Phi) is 4.28. The Labute approximate surface area is 96.0 Å². The van der Waals surface area contributed by atoms with Gasteiger partial charge in [-0.2, -0.15) is 0 Å². The standard InChI is InChI=1S/C11H11F2NO3/c12-10(13)9(15)7-3-1-2-6(4-7)5-8(14)11(16)17/h1-4,8,10H,5,14H2,(H,16,17)/t8-/m0/s1. The predicted octanol–water partition coefficient (Wildman–Crippen LogP) is 1.09. The van der Waals surface area contributed by atoms with Gasteiger partial charge in [0.1, 0.15) is 6.04 Å². The first-order valence-corrected chi connectivity index (χ1v) is 4.81. The van der Waals surface area contributed by atoms with Crippen LogP contribution < -0.4 is 5.73 Å². The molecule has 92 valence electrons. The molecule has 0 aromatic heterocycles. The molecule has 0 fully saturated rings. The van der Waals surface area contributed by atoms with Crippen LogP contribution in [-0.4, -0.2) is 29.3 Å². The second-order valence-corrected chi connectivity index (χ2v) is 3.51. The topological polar surface area (TPSA) is 80.4 Å². The van der Waals surface area contributed by atoms with E-state index in [1.807, 2.05) is 0 Å². The van der Waals surface area contributed by atoms with Crippen molar-refractivity contribution in [1.82, 2.24) is 0 Å². The minimum absolute atomic E-state index is 0.0142. The van der Waals surface area contributed by atoms with Gasteiger partial charge in [0, 0.05) is 5.56 Å². The number of hydrogen-bond donors (Lipinski definition) is 2. The highest BCUT2D eigenvalue weighted by molar-refractivity contribution is 5.98. The van der Waals surface area contributed by atoms with Crippen LogP contribution in [-0.2, 0) is 11.2 Å². The fourth-order valence-corrected chi connectivity index (χ4v) is 1.32. The van der Waals surface area contributed by atoms with E-state index in [-0.39, 0.29) is 12.0 Å². The van der Waals surface area contributed by atoms with Crippen molar-refractivity contribution < 1.29 is 23.5 Å². The van der Waals surface area contributed by atoms with E-state index in [0.717, 1.165) is 0 Å². The normalized spacial score (nSPS) is 12.5. The summed E-state index contributed by atoms with van der Waals surface area (Å²) in [5.74, 6) is -2.47. The second-order valence-electron chi connectivity index (χ2n) is 3.51. The molecule has 1 rings (SSSR count). The van der Waals surface area contributed by atoms with Gasteiger partial charge in [-0.15, -0.1) is 0 Å². The number of nitrogens with two attached hydrogens (primary N) is 1. The molecule has 0 aliphatic carbocycles. The third kappa shape index (κ3) is 3.60. The summed E-state index contributed by atoms with van der Waals surface area (Å²) in [7, 11) is 0. The number of carboxylic acid groups (broad SMARTS) is 1. The van der Waals surface area contributed by atoms with E-state index in [0.29, 0.717) is 5.56 Å².